The van der Waals surface area contributed by atoms with E-state index >= 15 is 0 Å². The molecule has 5 N–H and O–H groups in total. The number of carbonyl (C=O) groups is 2. The number of aryl methyl sites for hydroxylation is 1. The molecule has 0 aromatic heterocycles. The number of nitrogens with zero attached hydrogens (tertiary/aromatic N) is 1. The smallest absolute Gasteiger partial charge is 0.416 e. The van der Waals surface area contributed by atoms with Crippen LogP contribution in [0.3, 0.4) is 0 Å². The monoisotopic (exact) mass is 422 g/mol. The molecule has 0 heterocycles. The van der Waals surface area contributed by atoms with Crippen molar-refractivity contribution in [2.75, 3.05) is 11.9 Å². The quantitative estimate of drug-likeness (QED) is 0.359. The molecule has 160 valence electrons. The molecular weight excluding hydrogens is 401 g/mol. The number of anilines is 1. The highest BCUT2D eigenvalue weighted by Crippen LogP contribution is 2.34. The van der Waals surface area contributed by atoms with Gasteiger partial charge in [-0.3, -0.25) is 9.59 Å². The minimum Gasteiger partial charge on any atom is -0.466 e. The maximum absolute atomic E-state index is 13.5. The Bertz CT molecular complexity index is 955. The molecule has 10 heteroatoms. The summed E-state index contributed by atoms with van der Waals surface area (Å²) in [6.07, 6.45) is -4.97. The Morgan fingerprint density at radius 2 is 1.87 bits per heavy atom. The molecule has 0 bridgehead atoms. The van der Waals surface area contributed by atoms with Crippen LogP contribution in [0, 0.1) is 0 Å². The first-order chi connectivity index (χ1) is 14.1. The molecule has 0 saturated heterocycles. The zero-order chi connectivity index (χ0) is 22.3. The number of ether oxygens (including phenoxy) is 1. The molecule has 0 radical (unpaired) electrons. The van der Waals surface area contributed by atoms with Crippen molar-refractivity contribution in [1.82, 2.24) is 0 Å². The van der Waals surface area contributed by atoms with Gasteiger partial charge in [-0.25, -0.2) is 4.99 Å². The van der Waals surface area contributed by atoms with Gasteiger partial charge in [0, 0.05) is 17.7 Å². The van der Waals surface area contributed by atoms with Gasteiger partial charge in [-0.05, 0) is 49.2 Å². The van der Waals surface area contributed by atoms with Crippen LogP contribution in [0.5, 0.6) is 0 Å². The van der Waals surface area contributed by atoms with E-state index in [4.69, 9.17) is 16.2 Å². The number of alkyl halides is 3. The topological polar surface area (TPSA) is 120 Å². The number of nitrogens with two attached hydrogens (primary N) is 2. The van der Waals surface area contributed by atoms with Gasteiger partial charge < -0.3 is 21.5 Å². The van der Waals surface area contributed by atoms with Crippen LogP contribution < -0.4 is 16.8 Å². The van der Waals surface area contributed by atoms with Crippen molar-refractivity contribution >= 4 is 29.2 Å². The lowest BCUT2D eigenvalue weighted by atomic mass is 10.0. The van der Waals surface area contributed by atoms with Gasteiger partial charge in [0.2, 0.25) is 0 Å². The second kappa shape index (κ2) is 9.77. The van der Waals surface area contributed by atoms with Crippen LogP contribution in [-0.4, -0.2) is 24.4 Å². The molecule has 0 unspecified atom stereocenters. The molecule has 0 atom stereocenters. The van der Waals surface area contributed by atoms with E-state index in [2.05, 4.69) is 10.3 Å². The molecule has 2 rings (SSSR count). The number of rotatable bonds is 7. The van der Waals surface area contributed by atoms with Crippen molar-refractivity contribution in [2.45, 2.75) is 25.9 Å². The third-order valence-electron chi connectivity index (χ3n) is 3.94. The number of hydrogen-bond donors (Lipinski definition) is 3. The van der Waals surface area contributed by atoms with Gasteiger partial charge in [-0.1, -0.05) is 12.1 Å². The number of nitrogens with one attached hydrogen (secondary N) is 1. The highest BCUT2D eigenvalue weighted by atomic mass is 19.4. The number of hydrogen-bond acceptors (Lipinski definition) is 4. The predicted molar refractivity (Wildman–Crippen MR) is 106 cm³/mol. The number of amides is 1. The van der Waals surface area contributed by atoms with E-state index in [1.165, 1.54) is 30.3 Å². The summed E-state index contributed by atoms with van der Waals surface area (Å²) in [6.45, 7) is 1.77. The van der Waals surface area contributed by atoms with Gasteiger partial charge in [0.1, 0.15) is 0 Å². The highest BCUT2D eigenvalue weighted by Gasteiger charge is 2.33. The Morgan fingerprint density at radius 1 is 1.13 bits per heavy atom. The van der Waals surface area contributed by atoms with Crippen LogP contribution in [0.4, 0.5) is 24.5 Å². The van der Waals surface area contributed by atoms with E-state index in [1.54, 1.807) is 13.0 Å². The first-order valence-electron chi connectivity index (χ1n) is 8.97. The number of halogens is 3. The minimum absolute atomic E-state index is 0.0422. The summed E-state index contributed by atoms with van der Waals surface area (Å²) in [5.41, 5.74) is 10.0. The van der Waals surface area contributed by atoms with Crippen molar-refractivity contribution in [3.63, 3.8) is 0 Å². The second-order valence-electron chi connectivity index (χ2n) is 6.22. The summed E-state index contributed by atoms with van der Waals surface area (Å²) in [4.78, 5) is 27.7. The third kappa shape index (κ3) is 6.50. The lowest BCUT2D eigenvalue weighted by Gasteiger charge is -2.15. The number of esters is 1. The van der Waals surface area contributed by atoms with Gasteiger partial charge in [-0.2, -0.15) is 13.2 Å². The maximum Gasteiger partial charge on any atom is 0.416 e. The molecule has 0 saturated carbocycles. The highest BCUT2D eigenvalue weighted by molar-refractivity contribution is 6.04. The Hall–Kier alpha value is -3.56. The molecule has 0 aliphatic carbocycles. The van der Waals surface area contributed by atoms with Crippen molar-refractivity contribution in [1.29, 1.82) is 0 Å². The fourth-order valence-electron chi connectivity index (χ4n) is 2.68. The van der Waals surface area contributed by atoms with Crippen LogP contribution in [0.1, 0.15) is 34.8 Å². The summed E-state index contributed by atoms with van der Waals surface area (Å²) in [5.74, 6) is -1.40. The van der Waals surface area contributed by atoms with Gasteiger partial charge in [0.25, 0.3) is 5.91 Å². The molecule has 2 aromatic rings. The van der Waals surface area contributed by atoms with Crippen LogP contribution in [0.15, 0.2) is 47.5 Å². The van der Waals surface area contributed by atoms with E-state index < -0.39 is 23.6 Å². The Labute approximate surface area is 170 Å². The van der Waals surface area contributed by atoms with Crippen LogP contribution in [-0.2, 0) is 22.1 Å². The fourth-order valence-corrected chi connectivity index (χ4v) is 2.68. The zero-order valence-corrected chi connectivity index (χ0v) is 16.1. The summed E-state index contributed by atoms with van der Waals surface area (Å²) in [7, 11) is 0. The molecule has 7 nitrogen and oxygen atoms in total. The first kappa shape index (κ1) is 22.7. The second-order valence-corrected chi connectivity index (χ2v) is 6.22. The summed E-state index contributed by atoms with van der Waals surface area (Å²) < 4.78 is 45.2. The molecular formula is C20H21F3N4O3. The van der Waals surface area contributed by atoms with Crippen molar-refractivity contribution in [2.24, 2.45) is 16.5 Å². The van der Waals surface area contributed by atoms with Gasteiger partial charge in [0.15, 0.2) is 5.96 Å². The van der Waals surface area contributed by atoms with Crippen LogP contribution in [0.25, 0.3) is 0 Å². The molecule has 0 aliphatic heterocycles. The van der Waals surface area contributed by atoms with Crippen molar-refractivity contribution in [3.8, 4) is 0 Å². The molecule has 30 heavy (non-hydrogen) atoms. The lowest BCUT2D eigenvalue weighted by molar-refractivity contribution is -0.144. The van der Waals surface area contributed by atoms with Crippen molar-refractivity contribution in [3.05, 3.63) is 59.2 Å². The Balaban J connectivity index is 2.23. The minimum atomic E-state index is -4.65. The van der Waals surface area contributed by atoms with E-state index in [9.17, 15) is 22.8 Å². The fraction of sp³-hybridized carbons (Fsp3) is 0.250. The van der Waals surface area contributed by atoms with E-state index in [-0.39, 0.29) is 42.2 Å². The third-order valence-corrected chi connectivity index (χ3v) is 3.94. The normalized spacial score (nSPS) is 10.9. The average molecular weight is 422 g/mol. The lowest BCUT2D eigenvalue weighted by Crippen LogP contribution is -2.22. The molecule has 0 spiro atoms. The number of carbonyl (C=O) groups excluding carboxylic acids is 2. The van der Waals surface area contributed by atoms with Gasteiger partial charge in [0.05, 0.1) is 17.9 Å². The van der Waals surface area contributed by atoms with E-state index in [0.29, 0.717) is 5.69 Å². The zero-order valence-electron chi connectivity index (χ0n) is 16.1. The molecule has 1 amide bonds. The summed E-state index contributed by atoms with van der Waals surface area (Å²) in [5, 5.41) is 2.42. The van der Waals surface area contributed by atoms with Crippen molar-refractivity contribution < 1.29 is 27.5 Å². The summed E-state index contributed by atoms with van der Waals surface area (Å²) in [6, 6.07) is 9.37. The van der Waals surface area contributed by atoms with Gasteiger partial charge in [-0.15, -0.1) is 0 Å². The number of aliphatic imine (C=N–C) groups is 1. The van der Waals surface area contributed by atoms with Gasteiger partial charge >= 0.3 is 12.1 Å². The van der Waals surface area contributed by atoms with Crippen LogP contribution >= 0.6 is 0 Å². The standard InChI is InChI=1S/C20H21F3N4O3/c1-2-30-17(28)9-7-12-6-8-15(11-16(12)20(21,22)23)26-18(29)13-4-3-5-14(10-13)27-19(24)25/h3-6,8,10-11H,2,7,9H2,1H3,(H,26,29)(H4,24,25,27). The summed E-state index contributed by atoms with van der Waals surface area (Å²) >= 11 is 0. The van der Waals surface area contributed by atoms with E-state index in [0.717, 1.165) is 6.07 Å². The van der Waals surface area contributed by atoms with Crippen LogP contribution in [0.2, 0.25) is 0 Å². The van der Waals surface area contributed by atoms with E-state index in [1.807, 2.05) is 0 Å². The predicted octanol–water partition coefficient (Wildman–Crippen LogP) is 3.36. The SMILES string of the molecule is CCOC(=O)CCc1ccc(NC(=O)c2cccc(N=C(N)N)c2)cc1C(F)(F)F. The first-order valence-corrected chi connectivity index (χ1v) is 8.97. The molecule has 0 aliphatic rings. The Morgan fingerprint density at radius 3 is 2.50 bits per heavy atom. The number of guanidine groups is 1. The Kier molecular flexibility index (Phi) is 7.40. The molecule has 2 aromatic carbocycles. The number of benzene rings is 2. The average Bonchev–Trinajstić information content (AvgIpc) is 2.66. The maximum atomic E-state index is 13.5. The largest absolute Gasteiger partial charge is 0.466 e. The molecule has 0 fully saturated rings.